The van der Waals surface area contributed by atoms with Gasteiger partial charge in [-0.3, -0.25) is 14.9 Å². The van der Waals surface area contributed by atoms with Crippen LogP contribution >= 0.6 is 11.8 Å². The number of aromatic nitrogens is 4. The van der Waals surface area contributed by atoms with Gasteiger partial charge in [-0.05, 0) is 67.4 Å². The van der Waals surface area contributed by atoms with Crippen LogP contribution in [0.4, 0.5) is 4.79 Å². The molecule has 1 fully saturated rings. The van der Waals surface area contributed by atoms with E-state index < -0.39 is 0 Å². The highest BCUT2D eigenvalue weighted by molar-refractivity contribution is 8.15. The van der Waals surface area contributed by atoms with Gasteiger partial charge in [0.15, 0.2) is 6.10 Å². The summed E-state index contributed by atoms with van der Waals surface area (Å²) in [5.74, 6) is 2.57. The van der Waals surface area contributed by atoms with Crippen molar-refractivity contribution in [3.8, 4) is 22.9 Å². The minimum absolute atomic E-state index is 0.240. The molecule has 0 saturated carbocycles. The summed E-state index contributed by atoms with van der Waals surface area (Å²) in [5.41, 5.74) is 3.62. The molecule has 0 radical (unpaired) electrons. The smallest absolute Gasteiger partial charge is 0.286 e. The quantitative estimate of drug-likeness (QED) is 0.272. The van der Waals surface area contributed by atoms with Crippen LogP contribution in [0.25, 0.3) is 16.7 Å². The fourth-order valence-corrected chi connectivity index (χ4v) is 5.06. The monoisotopic (exact) mass is 525 g/mol. The van der Waals surface area contributed by atoms with E-state index >= 15 is 0 Å². The van der Waals surface area contributed by atoms with E-state index in [1.165, 1.54) is 0 Å². The Morgan fingerprint density at radius 1 is 1.00 bits per heavy atom. The van der Waals surface area contributed by atoms with Crippen LogP contribution < -0.4 is 14.8 Å². The van der Waals surface area contributed by atoms with Crippen molar-refractivity contribution in [3.05, 3.63) is 96.8 Å². The third-order valence-corrected chi connectivity index (χ3v) is 7.14. The van der Waals surface area contributed by atoms with Crippen molar-refractivity contribution in [2.75, 3.05) is 0 Å². The Bertz CT molecular complexity index is 1600. The molecule has 3 aromatic carbocycles. The van der Waals surface area contributed by atoms with Crippen LogP contribution in [0, 0.1) is 0 Å². The van der Waals surface area contributed by atoms with E-state index in [2.05, 4.69) is 20.3 Å². The molecule has 5 aromatic rings. The van der Waals surface area contributed by atoms with Crippen molar-refractivity contribution in [3.63, 3.8) is 0 Å². The predicted octanol–water partition coefficient (Wildman–Crippen LogP) is 5.58. The number of hydrogen-bond acceptors (Lipinski definition) is 7. The minimum atomic E-state index is -0.390. The first-order valence-electron chi connectivity index (χ1n) is 12.0. The first kappa shape index (κ1) is 23.8. The Labute approximate surface area is 222 Å². The highest BCUT2D eigenvalue weighted by Gasteiger charge is 2.31. The van der Waals surface area contributed by atoms with Gasteiger partial charge in [0.25, 0.3) is 5.24 Å². The van der Waals surface area contributed by atoms with E-state index in [-0.39, 0.29) is 22.5 Å². The van der Waals surface area contributed by atoms with Gasteiger partial charge >= 0.3 is 0 Å². The number of imide groups is 1. The maximum atomic E-state index is 11.8. The van der Waals surface area contributed by atoms with Crippen LogP contribution in [0.2, 0.25) is 0 Å². The summed E-state index contributed by atoms with van der Waals surface area (Å²) in [5, 5.41) is 1.63. The molecule has 0 spiro atoms. The summed E-state index contributed by atoms with van der Waals surface area (Å²) < 4.78 is 14.1. The second-order valence-corrected chi connectivity index (χ2v) is 10.0. The normalized spacial score (nSPS) is 16.0. The molecular weight excluding hydrogens is 502 g/mol. The van der Waals surface area contributed by atoms with Crippen LogP contribution in [0.1, 0.15) is 24.4 Å². The summed E-state index contributed by atoms with van der Waals surface area (Å²) >= 11 is 1.03. The summed E-state index contributed by atoms with van der Waals surface area (Å²) in [6, 6.07) is 21.0. The highest BCUT2D eigenvalue weighted by atomic mass is 32.2. The Morgan fingerprint density at radius 2 is 1.76 bits per heavy atom. The Kier molecular flexibility index (Phi) is 6.30. The first-order valence-corrected chi connectivity index (χ1v) is 12.9. The molecule has 2 aromatic heterocycles. The second kappa shape index (κ2) is 10.1. The summed E-state index contributed by atoms with van der Waals surface area (Å²) in [4.78, 5) is 35.2. The topological polar surface area (TPSA) is 111 Å². The van der Waals surface area contributed by atoms with E-state index in [1.54, 1.807) is 12.5 Å². The van der Waals surface area contributed by atoms with Gasteiger partial charge in [-0.25, -0.2) is 9.97 Å². The highest BCUT2D eigenvalue weighted by Crippen LogP contribution is 2.29. The first-order chi connectivity index (χ1) is 18.5. The molecule has 190 valence electrons. The summed E-state index contributed by atoms with van der Waals surface area (Å²) in [7, 11) is 0. The van der Waals surface area contributed by atoms with Crippen LogP contribution in [0.5, 0.6) is 17.2 Å². The van der Waals surface area contributed by atoms with Crippen LogP contribution in [0.3, 0.4) is 0 Å². The Morgan fingerprint density at radius 3 is 2.47 bits per heavy atom. The van der Waals surface area contributed by atoms with Crippen molar-refractivity contribution in [1.82, 2.24) is 24.8 Å². The number of fused-ring (bicyclic) bond motifs is 1. The number of hydrogen-bond donors (Lipinski definition) is 2. The number of nitrogens with one attached hydrogen (secondary N) is 2. The van der Waals surface area contributed by atoms with Gasteiger partial charge in [0, 0.05) is 24.1 Å². The number of thioether (sulfide) groups is 1. The average Bonchev–Trinajstić information content (AvgIpc) is 3.66. The largest absolute Gasteiger partial charge is 0.483 e. The van der Waals surface area contributed by atoms with E-state index in [0.717, 1.165) is 39.8 Å². The van der Waals surface area contributed by atoms with Crippen molar-refractivity contribution in [1.29, 1.82) is 0 Å². The molecule has 3 heterocycles. The van der Waals surface area contributed by atoms with Crippen molar-refractivity contribution in [2.24, 2.45) is 0 Å². The zero-order chi connectivity index (χ0) is 26.1. The third kappa shape index (κ3) is 5.12. The Balaban J connectivity index is 1.10. The van der Waals surface area contributed by atoms with Gasteiger partial charge in [0.1, 0.15) is 23.1 Å². The van der Waals surface area contributed by atoms with Gasteiger partial charge in [-0.2, -0.15) is 0 Å². The number of carbonyl (C=O) groups excluding carboxylic acids is 2. The van der Waals surface area contributed by atoms with Gasteiger partial charge in [-0.1, -0.05) is 23.9 Å². The number of ether oxygens (including phenoxy) is 2. The molecule has 2 amide bonds. The molecule has 6 rings (SSSR count). The molecule has 2 atom stereocenters. The number of carbonyl (C=O) groups is 2. The maximum Gasteiger partial charge on any atom is 0.286 e. The number of benzene rings is 3. The lowest BCUT2D eigenvalue weighted by Gasteiger charge is -2.13. The fraction of sp³-hybridized carbons (Fsp3) is 0.143. The number of imidazole rings is 2. The molecule has 38 heavy (non-hydrogen) atoms. The summed E-state index contributed by atoms with van der Waals surface area (Å²) in [6.45, 7) is 1.93. The molecule has 1 aliphatic rings. The zero-order valence-electron chi connectivity index (χ0n) is 20.3. The standard InChI is InChI=1S/C28H23N5O4S/c1-17(36-20-6-2-18(3-7-20)14-25-27(34)32-28(35)38-25)26-30-23-11-10-22(15-24(23)31-26)37-21-8-4-19(5-9-21)33-13-12-29-16-33/h2-13,15-17,25H,14H2,1H3,(H,30,31)(H,32,34,35). The van der Waals surface area contributed by atoms with Crippen LogP contribution in [0.15, 0.2) is 85.5 Å². The maximum absolute atomic E-state index is 11.8. The number of aromatic amines is 1. The lowest BCUT2D eigenvalue weighted by molar-refractivity contribution is -0.118. The lowest BCUT2D eigenvalue weighted by atomic mass is 10.1. The van der Waals surface area contributed by atoms with Crippen molar-refractivity contribution < 1.29 is 19.1 Å². The number of rotatable bonds is 8. The fourth-order valence-electron chi connectivity index (χ4n) is 4.20. The van der Waals surface area contributed by atoms with Gasteiger partial charge in [-0.15, -0.1) is 0 Å². The predicted molar refractivity (Wildman–Crippen MR) is 144 cm³/mol. The third-order valence-electron chi connectivity index (χ3n) is 6.16. The molecular formula is C28H23N5O4S. The summed E-state index contributed by atoms with van der Waals surface area (Å²) in [6.07, 6.45) is 5.55. The van der Waals surface area contributed by atoms with E-state index in [0.29, 0.717) is 23.7 Å². The molecule has 2 N–H and O–H groups in total. The molecule has 1 aliphatic heterocycles. The lowest BCUT2D eigenvalue weighted by Crippen LogP contribution is -2.25. The van der Waals surface area contributed by atoms with Gasteiger partial charge in [0.05, 0.1) is 22.6 Å². The molecule has 1 saturated heterocycles. The van der Waals surface area contributed by atoms with Gasteiger partial charge < -0.3 is 19.0 Å². The van der Waals surface area contributed by atoms with Crippen LogP contribution in [-0.2, 0) is 11.2 Å². The molecule has 0 aliphatic carbocycles. The number of amides is 2. The van der Waals surface area contributed by atoms with Crippen LogP contribution in [-0.4, -0.2) is 35.9 Å². The molecule has 0 bridgehead atoms. The van der Waals surface area contributed by atoms with Crippen molar-refractivity contribution >= 4 is 33.9 Å². The second-order valence-electron chi connectivity index (χ2n) is 8.86. The zero-order valence-corrected chi connectivity index (χ0v) is 21.1. The van der Waals surface area contributed by atoms with E-state index in [9.17, 15) is 9.59 Å². The number of nitrogens with zero attached hydrogens (tertiary/aromatic N) is 3. The molecule has 2 unspecified atom stereocenters. The average molecular weight is 526 g/mol. The van der Waals surface area contributed by atoms with E-state index in [1.807, 2.05) is 84.4 Å². The van der Waals surface area contributed by atoms with E-state index in [4.69, 9.17) is 9.47 Å². The minimum Gasteiger partial charge on any atom is -0.483 e. The van der Waals surface area contributed by atoms with Gasteiger partial charge in [0.2, 0.25) is 5.91 Å². The molecule has 10 heteroatoms. The molecule has 9 nitrogen and oxygen atoms in total. The Hall–Kier alpha value is -4.57. The van der Waals surface area contributed by atoms with Crippen molar-refractivity contribution in [2.45, 2.75) is 24.7 Å². The SMILES string of the molecule is CC(Oc1ccc(CC2SC(=O)NC2=O)cc1)c1nc2ccc(Oc3ccc(-n4ccnc4)cc3)cc2[nH]1. The number of H-pyrrole nitrogens is 1.